The molecule has 118 valence electrons. The minimum Gasteiger partial charge on any atom is -0.490 e. The molecule has 0 amide bonds. The van der Waals surface area contributed by atoms with Crippen molar-refractivity contribution in [2.45, 2.75) is 31.7 Å². The van der Waals surface area contributed by atoms with Crippen LogP contribution >= 0.6 is 15.9 Å². The van der Waals surface area contributed by atoms with E-state index in [-0.39, 0.29) is 24.1 Å². The van der Waals surface area contributed by atoms with Crippen LogP contribution < -0.4 is 10.1 Å². The Morgan fingerprint density at radius 3 is 2.76 bits per heavy atom. The molecule has 1 N–H and O–H groups in total. The van der Waals surface area contributed by atoms with Crippen molar-refractivity contribution in [2.24, 2.45) is 0 Å². The quantitative estimate of drug-likeness (QED) is 0.884. The summed E-state index contributed by atoms with van der Waals surface area (Å²) in [6.07, 6.45) is -4.73. The van der Waals surface area contributed by atoms with Gasteiger partial charge in [0.1, 0.15) is 18.5 Å². The average Bonchev–Trinajstić information content (AvgIpc) is 2.35. The van der Waals surface area contributed by atoms with Gasteiger partial charge in [0.25, 0.3) is 0 Å². The molecule has 3 nitrogen and oxygen atoms in total. The molecular formula is C14H17BrF3NO2. The van der Waals surface area contributed by atoms with Crippen LogP contribution in [0.25, 0.3) is 0 Å². The van der Waals surface area contributed by atoms with Crippen LogP contribution in [0, 0.1) is 0 Å². The highest BCUT2D eigenvalue weighted by Gasteiger charge is 2.35. The molecule has 0 bridgehead atoms. The number of hydrogen-bond acceptors (Lipinski definition) is 3. The van der Waals surface area contributed by atoms with E-state index in [0.717, 1.165) is 6.07 Å². The Bertz CT molecular complexity index is 505. The SMILES string of the molecule is CC1(C)CNCC(COc2ccc(Br)cc2C(F)(F)F)O1. The Morgan fingerprint density at radius 2 is 2.14 bits per heavy atom. The number of halogens is 4. The van der Waals surface area contributed by atoms with Crippen molar-refractivity contribution in [3.63, 3.8) is 0 Å². The van der Waals surface area contributed by atoms with Crippen molar-refractivity contribution in [1.82, 2.24) is 5.32 Å². The van der Waals surface area contributed by atoms with Gasteiger partial charge in [0.2, 0.25) is 0 Å². The van der Waals surface area contributed by atoms with Crippen molar-refractivity contribution in [2.75, 3.05) is 19.7 Å². The Kier molecular flexibility index (Phi) is 4.85. The summed E-state index contributed by atoms with van der Waals surface area (Å²) in [5.41, 5.74) is -1.14. The first-order chi connectivity index (χ1) is 9.67. The number of morpholine rings is 1. The summed E-state index contributed by atoms with van der Waals surface area (Å²) >= 11 is 3.04. The van der Waals surface area contributed by atoms with Crippen LogP contribution in [0.2, 0.25) is 0 Å². The van der Waals surface area contributed by atoms with Gasteiger partial charge in [-0.3, -0.25) is 0 Å². The number of benzene rings is 1. The fraction of sp³-hybridized carbons (Fsp3) is 0.571. The Morgan fingerprint density at radius 1 is 1.43 bits per heavy atom. The molecule has 7 heteroatoms. The first kappa shape index (κ1) is 16.6. The predicted octanol–water partition coefficient (Wildman–Crippen LogP) is 3.61. The highest BCUT2D eigenvalue weighted by Crippen LogP contribution is 2.38. The van der Waals surface area contributed by atoms with Gasteiger partial charge in [-0.1, -0.05) is 15.9 Å². The lowest BCUT2D eigenvalue weighted by Crippen LogP contribution is -2.52. The van der Waals surface area contributed by atoms with Crippen LogP contribution in [0.5, 0.6) is 5.75 Å². The molecule has 21 heavy (non-hydrogen) atoms. The summed E-state index contributed by atoms with van der Waals surface area (Å²) in [6, 6.07) is 3.85. The first-order valence-corrected chi connectivity index (χ1v) is 7.35. The van der Waals surface area contributed by atoms with Gasteiger partial charge in [-0.25, -0.2) is 0 Å². The standard InChI is InChI=1S/C14H17BrF3NO2/c1-13(2)8-19-6-10(21-13)7-20-12-4-3-9(15)5-11(12)14(16,17)18/h3-5,10,19H,6-8H2,1-2H3. The topological polar surface area (TPSA) is 30.5 Å². The highest BCUT2D eigenvalue weighted by molar-refractivity contribution is 9.10. The number of hydrogen-bond donors (Lipinski definition) is 1. The molecule has 1 saturated heterocycles. The summed E-state index contributed by atoms with van der Waals surface area (Å²) in [6.45, 7) is 5.18. The Labute approximate surface area is 129 Å². The van der Waals surface area contributed by atoms with Gasteiger partial charge < -0.3 is 14.8 Å². The molecule has 1 heterocycles. The van der Waals surface area contributed by atoms with E-state index >= 15 is 0 Å². The lowest BCUT2D eigenvalue weighted by molar-refractivity contribution is -0.140. The fourth-order valence-electron chi connectivity index (χ4n) is 2.19. The molecular weight excluding hydrogens is 351 g/mol. The van der Waals surface area contributed by atoms with Gasteiger partial charge in [0, 0.05) is 17.6 Å². The molecule has 0 aliphatic carbocycles. The van der Waals surface area contributed by atoms with Crippen LogP contribution in [0.4, 0.5) is 13.2 Å². The first-order valence-electron chi connectivity index (χ1n) is 6.55. The maximum absolute atomic E-state index is 13.0. The molecule has 1 fully saturated rings. The molecule has 0 saturated carbocycles. The highest BCUT2D eigenvalue weighted by atomic mass is 79.9. The normalized spacial score (nSPS) is 22.1. The van der Waals surface area contributed by atoms with Gasteiger partial charge in [-0.05, 0) is 32.0 Å². The minimum atomic E-state index is -4.45. The molecule has 1 unspecified atom stereocenters. The van der Waals surface area contributed by atoms with Crippen LogP contribution in [0.1, 0.15) is 19.4 Å². The minimum absolute atomic E-state index is 0.0706. The van der Waals surface area contributed by atoms with E-state index in [1.165, 1.54) is 12.1 Å². The second kappa shape index (κ2) is 6.14. The number of rotatable bonds is 3. The molecule has 1 aliphatic rings. The maximum Gasteiger partial charge on any atom is 0.420 e. The molecule has 0 aromatic heterocycles. The van der Waals surface area contributed by atoms with E-state index < -0.39 is 11.7 Å². The molecule has 1 aromatic rings. The van der Waals surface area contributed by atoms with Crippen molar-refractivity contribution in [3.8, 4) is 5.75 Å². The second-order valence-electron chi connectivity index (χ2n) is 5.58. The van der Waals surface area contributed by atoms with Crippen LogP contribution in [0.15, 0.2) is 22.7 Å². The summed E-state index contributed by atoms with van der Waals surface area (Å²) in [5, 5.41) is 3.18. The van der Waals surface area contributed by atoms with Gasteiger partial charge in [0.05, 0.1) is 11.2 Å². The van der Waals surface area contributed by atoms with Crippen LogP contribution in [-0.2, 0) is 10.9 Å². The average molecular weight is 368 g/mol. The van der Waals surface area contributed by atoms with Crippen molar-refractivity contribution in [3.05, 3.63) is 28.2 Å². The van der Waals surface area contributed by atoms with Crippen molar-refractivity contribution < 1.29 is 22.6 Å². The molecule has 0 radical (unpaired) electrons. The van der Waals surface area contributed by atoms with E-state index in [0.29, 0.717) is 17.6 Å². The van der Waals surface area contributed by atoms with Crippen LogP contribution in [-0.4, -0.2) is 31.4 Å². The van der Waals surface area contributed by atoms with E-state index in [1.807, 2.05) is 13.8 Å². The molecule has 1 atom stereocenters. The van der Waals surface area contributed by atoms with Gasteiger partial charge >= 0.3 is 6.18 Å². The summed E-state index contributed by atoms with van der Waals surface area (Å²) < 4.78 is 50.4. The van der Waals surface area contributed by atoms with E-state index in [9.17, 15) is 13.2 Å². The number of nitrogens with one attached hydrogen (secondary N) is 1. The monoisotopic (exact) mass is 367 g/mol. The van der Waals surface area contributed by atoms with Gasteiger partial charge in [0.15, 0.2) is 0 Å². The van der Waals surface area contributed by atoms with Crippen LogP contribution in [0.3, 0.4) is 0 Å². The molecule has 2 rings (SSSR count). The summed E-state index contributed by atoms with van der Waals surface area (Å²) in [5.74, 6) is -0.183. The molecule has 1 aliphatic heterocycles. The van der Waals surface area contributed by atoms with E-state index in [4.69, 9.17) is 9.47 Å². The maximum atomic E-state index is 13.0. The van der Waals surface area contributed by atoms with Gasteiger partial charge in [-0.15, -0.1) is 0 Å². The summed E-state index contributed by atoms with van der Waals surface area (Å²) in [7, 11) is 0. The third-order valence-electron chi connectivity index (χ3n) is 3.08. The summed E-state index contributed by atoms with van der Waals surface area (Å²) in [4.78, 5) is 0. The van der Waals surface area contributed by atoms with E-state index in [1.54, 1.807) is 0 Å². The third-order valence-corrected chi connectivity index (χ3v) is 3.57. The Balaban J connectivity index is 2.06. The Hall–Kier alpha value is -0.790. The van der Waals surface area contributed by atoms with E-state index in [2.05, 4.69) is 21.2 Å². The lowest BCUT2D eigenvalue weighted by Gasteiger charge is -2.36. The van der Waals surface area contributed by atoms with Crippen molar-refractivity contribution in [1.29, 1.82) is 0 Å². The van der Waals surface area contributed by atoms with Gasteiger partial charge in [-0.2, -0.15) is 13.2 Å². The van der Waals surface area contributed by atoms with Crippen molar-refractivity contribution >= 4 is 15.9 Å². The number of alkyl halides is 3. The zero-order valence-corrected chi connectivity index (χ0v) is 13.3. The zero-order chi connectivity index (χ0) is 15.7. The third kappa shape index (κ3) is 4.59. The largest absolute Gasteiger partial charge is 0.490 e. The fourth-order valence-corrected chi connectivity index (χ4v) is 2.56. The molecule has 0 spiro atoms. The number of ether oxygens (including phenoxy) is 2. The predicted molar refractivity (Wildman–Crippen MR) is 76.5 cm³/mol. The lowest BCUT2D eigenvalue weighted by atomic mass is 10.1. The zero-order valence-electron chi connectivity index (χ0n) is 11.8. The smallest absolute Gasteiger partial charge is 0.420 e. The second-order valence-corrected chi connectivity index (χ2v) is 6.50. The molecule has 1 aromatic carbocycles.